The van der Waals surface area contributed by atoms with Crippen LogP contribution in [0.2, 0.25) is 0 Å². The molecule has 4 unspecified atom stereocenters. The van der Waals surface area contributed by atoms with Gasteiger partial charge in [-0.3, -0.25) is 18.7 Å². The van der Waals surface area contributed by atoms with Crippen molar-refractivity contribution in [3.05, 3.63) is 34.7 Å². The van der Waals surface area contributed by atoms with Gasteiger partial charge in [-0.1, -0.05) is 52.0 Å². The van der Waals surface area contributed by atoms with Gasteiger partial charge < -0.3 is 0 Å². The normalized spacial score (nSPS) is 34.7. The van der Waals surface area contributed by atoms with Gasteiger partial charge in [0.2, 0.25) is 0 Å². The van der Waals surface area contributed by atoms with E-state index in [9.17, 15) is 35.5 Å². The summed E-state index contributed by atoms with van der Waals surface area (Å²) in [6.07, 6.45) is 2.11. The molecule has 4 aliphatic carbocycles. The molecule has 196 valence electrons. The molecule has 4 atom stereocenters. The first-order valence-electron chi connectivity index (χ1n) is 12.2. The van der Waals surface area contributed by atoms with E-state index in [-0.39, 0.29) is 23.4 Å². The molecule has 8 nitrogen and oxygen atoms in total. The van der Waals surface area contributed by atoms with Crippen LogP contribution in [0.15, 0.2) is 24.3 Å². The van der Waals surface area contributed by atoms with Crippen LogP contribution >= 0.6 is 0 Å². The minimum atomic E-state index is -4.36. The Morgan fingerprint density at radius 2 is 1.00 bits per heavy atom. The lowest BCUT2D eigenvalue weighted by atomic mass is 9.70. The molecule has 4 bridgehead atoms. The van der Waals surface area contributed by atoms with Crippen molar-refractivity contribution < 1.29 is 35.5 Å². The minimum Gasteiger partial charge on any atom is -0.294 e. The molecule has 4 saturated carbocycles. The largest absolute Gasteiger partial charge is 0.294 e. The van der Waals surface area contributed by atoms with Crippen LogP contribution in [0.1, 0.15) is 53.4 Å². The van der Waals surface area contributed by atoms with E-state index in [1.807, 2.05) is 27.7 Å². The molecule has 4 fully saturated rings. The third kappa shape index (κ3) is 3.23. The van der Waals surface area contributed by atoms with Crippen molar-refractivity contribution >= 4 is 42.9 Å². The molecule has 10 heteroatoms. The van der Waals surface area contributed by atoms with Crippen LogP contribution in [0.25, 0.3) is 11.1 Å². The van der Waals surface area contributed by atoms with E-state index in [2.05, 4.69) is 0 Å². The molecule has 2 N–H and O–H groups in total. The molecule has 0 spiro atoms. The number of ketones is 2. The number of fused-ring (bicyclic) bond motifs is 4. The van der Waals surface area contributed by atoms with E-state index in [0.29, 0.717) is 47.3 Å². The number of hydrogen-bond acceptors (Lipinski definition) is 6. The second kappa shape index (κ2) is 7.36. The van der Waals surface area contributed by atoms with Gasteiger partial charge in [0.1, 0.15) is 0 Å². The highest BCUT2D eigenvalue weighted by Crippen LogP contribution is 2.67. The highest BCUT2D eigenvalue weighted by atomic mass is 32.2. The fourth-order valence-electron chi connectivity index (χ4n) is 8.23. The lowest BCUT2D eigenvalue weighted by Gasteiger charge is -2.34. The third-order valence-electron chi connectivity index (χ3n) is 10.3. The van der Waals surface area contributed by atoms with Gasteiger partial charge in [-0.05, 0) is 58.8 Å². The molecular formula is C26H32O8S2. The number of hydrogen-bond donors (Lipinski definition) is 2. The molecule has 1 aromatic carbocycles. The summed E-state index contributed by atoms with van der Waals surface area (Å²) >= 11 is 0. The van der Waals surface area contributed by atoms with Gasteiger partial charge >= 0.3 is 0 Å². The Bertz CT molecular complexity index is 1410. The van der Waals surface area contributed by atoms with Crippen LogP contribution in [0.5, 0.6) is 0 Å². The van der Waals surface area contributed by atoms with Crippen LogP contribution in [-0.2, 0) is 29.8 Å². The molecule has 4 aliphatic rings. The van der Waals surface area contributed by atoms with Crippen molar-refractivity contribution in [1.29, 1.82) is 0 Å². The van der Waals surface area contributed by atoms with E-state index in [4.69, 9.17) is 0 Å². The first-order valence-corrected chi connectivity index (χ1v) is 15.4. The molecule has 1 aromatic rings. The Kier molecular flexibility index (Phi) is 5.27. The number of carbonyl (C=O) groups excluding carboxylic acids is 2. The molecule has 0 aliphatic heterocycles. The Morgan fingerprint density at radius 3 is 1.28 bits per heavy atom. The van der Waals surface area contributed by atoms with Crippen molar-refractivity contribution in [1.82, 2.24) is 0 Å². The van der Waals surface area contributed by atoms with E-state index < -0.39 is 53.4 Å². The zero-order chi connectivity index (χ0) is 26.7. The fraction of sp³-hybridized carbons (Fsp3) is 0.615. The number of rotatable bonds is 4. The van der Waals surface area contributed by atoms with Crippen molar-refractivity contribution in [2.45, 2.75) is 53.4 Å². The lowest BCUT2D eigenvalue weighted by Crippen LogP contribution is -2.42. The van der Waals surface area contributed by atoms with Crippen LogP contribution in [-0.4, -0.2) is 49.0 Å². The van der Waals surface area contributed by atoms with E-state index in [1.54, 1.807) is 24.3 Å². The number of benzene rings is 1. The fourth-order valence-corrected chi connectivity index (χ4v) is 10.8. The summed E-state index contributed by atoms with van der Waals surface area (Å²) in [5.41, 5.74) is -2.46. The average molecular weight is 537 g/mol. The Labute approximate surface area is 211 Å². The average Bonchev–Trinajstić information content (AvgIpc) is 3.23. The maximum atomic E-state index is 13.6. The van der Waals surface area contributed by atoms with Gasteiger partial charge in [0.25, 0.3) is 20.2 Å². The minimum absolute atomic E-state index is 0.147. The van der Waals surface area contributed by atoms with Crippen molar-refractivity contribution in [3.63, 3.8) is 0 Å². The van der Waals surface area contributed by atoms with Gasteiger partial charge in [0, 0.05) is 11.1 Å². The molecule has 5 rings (SSSR count). The Hall–Kier alpha value is -1.88. The Balaban J connectivity index is 1.63. The molecule has 0 amide bonds. The molecule has 0 radical (unpaired) electrons. The van der Waals surface area contributed by atoms with Crippen molar-refractivity contribution in [3.8, 4) is 0 Å². The first-order chi connectivity index (χ1) is 16.4. The van der Waals surface area contributed by atoms with Crippen LogP contribution in [0.4, 0.5) is 0 Å². The summed E-state index contributed by atoms with van der Waals surface area (Å²) < 4.78 is 66.4. The number of carbonyl (C=O) groups is 2. The molecule has 36 heavy (non-hydrogen) atoms. The predicted molar refractivity (Wildman–Crippen MR) is 133 cm³/mol. The highest BCUT2D eigenvalue weighted by Gasteiger charge is 2.69. The summed E-state index contributed by atoms with van der Waals surface area (Å²) in [6.45, 7) is 7.54. The Morgan fingerprint density at radius 1 is 0.694 bits per heavy atom. The zero-order valence-corrected chi connectivity index (χ0v) is 22.5. The first kappa shape index (κ1) is 25.8. The van der Waals surface area contributed by atoms with E-state index in [1.165, 1.54) is 0 Å². The van der Waals surface area contributed by atoms with Crippen molar-refractivity contribution in [2.24, 2.45) is 33.5 Å². The maximum absolute atomic E-state index is 13.6. The zero-order valence-electron chi connectivity index (χ0n) is 20.9. The van der Waals surface area contributed by atoms with Crippen LogP contribution in [0, 0.1) is 33.5 Å². The van der Waals surface area contributed by atoms with Gasteiger partial charge in [0.05, 0.1) is 22.3 Å². The summed E-state index contributed by atoms with van der Waals surface area (Å²) in [7, 11) is -8.71. The topological polar surface area (TPSA) is 143 Å². The summed E-state index contributed by atoms with van der Waals surface area (Å²) in [6, 6.07) is 7.09. The summed E-state index contributed by atoms with van der Waals surface area (Å²) in [4.78, 5) is 27.2. The van der Waals surface area contributed by atoms with Crippen LogP contribution in [0.3, 0.4) is 0 Å². The SMILES string of the molecule is CC1(C)C2CCC1(CS(=O)(=O)O)C(=O)C2=c1ccc(=C2C(=O)C3(CS(=O)(=O)O)CCC2C3(C)C)cc1. The molecule has 0 saturated heterocycles. The summed E-state index contributed by atoms with van der Waals surface area (Å²) in [5.74, 6) is -1.97. The standard InChI is InChI=1S/C26H32O8S2/c1-23(2)17-9-11-25(23,13-35(29,30)31)21(27)19(17)15-5-7-16(8-6-15)20-18-10-12-26(22(20)28,24(18,3)4)14-36(32,33)34/h5-8,17-18H,9-14H2,1-4H3,(H,29,30,31)(H,32,33,34). The van der Waals surface area contributed by atoms with E-state index >= 15 is 0 Å². The highest BCUT2D eigenvalue weighted by molar-refractivity contribution is 7.86. The van der Waals surface area contributed by atoms with Gasteiger partial charge in [0.15, 0.2) is 11.6 Å². The second-order valence-electron chi connectivity index (χ2n) is 12.3. The molecular weight excluding hydrogens is 504 g/mol. The number of Topliss-reactive ketones (excluding diaryl/α,β-unsaturated/α-hetero) is 2. The maximum Gasteiger partial charge on any atom is 0.265 e. The predicted octanol–water partition coefficient (Wildman–Crippen LogP) is 1.77. The summed E-state index contributed by atoms with van der Waals surface area (Å²) in [5, 5.41) is 1.34. The monoisotopic (exact) mass is 536 g/mol. The molecule has 0 aromatic heterocycles. The molecule has 0 heterocycles. The lowest BCUT2D eigenvalue weighted by molar-refractivity contribution is -0.124. The van der Waals surface area contributed by atoms with Crippen LogP contribution < -0.4 is 10.4 Å². The quantitative estimate of drug-likeness (QED) is 0.555. The van der Waals surface area contributed by atoms with Crippen molar-refractivity contribution in [2.75, 3.05) is 11.5 Å². The second-order valence-corrected chi connectivity index (χ2v) is 15.2. The third-order valence-corrected chi connectivity index (χ3v) is 12.1. The van der Waals surface area contributed by atoms with Gasteiger partial charge in [-0.25, -0.2) is 0 Å². The smallest absolute Gasteiger partial charge is 0.265 e. The van der Waals surface area contributed by atoms with E-state index in [0.717, 1.165) is 0 Å². The van der Waals surface area contributed by atoms with Gasteiger partial charge in [-0.15, -0.1) is 0 Å². The van der Waals surface area contributed by atoms with Gasteiger partial charge in [-0.2, -0.15) is 16.8 Å².